The molecule has 1 aromatic carbocycles. The summed E-state index contributed by atoms with van der Waals surface area (Å²) >= 11 is 0. The van der Waals surface area contributed by atoms with Crippen molar-refractivity contribution in [2.45, 2.75) is 12.8 Å². The molecule has 0 spiro atoms. The van der Waals surface area contributed by atoms with Gasteiger partial charge in [0.05, 0.1) is 17.4 Å². The van der Waals surface area contributed by atoms with Crippen molar-refractivity contribution in [3.8, 4) is 23.7 Å². The minimum atomic E-state index is -0.855. The number of likely N-dealkylation sites (tertiary alicyclic amines) is 1. The Balaban J connectivity index is 2.20. The van der Waals surface area contributed by atoms with Crippen molar-refractivity contribution in [2.24, 2.45) is 5.92 Å². The number of hydrogen-bond donors (Lipinski definition) is 2. The Morgan fingerprint density at radius 3 is 2.80 bits per heavy atom. The Kier molecular flexibility index (Phi) is 6.99. The second-order valence-corrected chi connectivity index (χ2v) is 6.73. The Morgan fingerprint density at radius 1 is 1.47 bits per heavy atom. The van der Waals surface area contributed by atoms with Crippen LogP contribution in [0.3, 0.4) is 0 Å². The summed E-state index contributed by atoms with van der Waals surface area (Å²) in [5.41, 5.74) is -1.47. The third kappa shape index (κ3) is 4.86. The summed E-state index contributed by atoms with van der Waals surface area (Å²) in [7, 11) is 3.07. The highest BCUT2D eigenvalue weighted by Crippen LogP contribution is 2.29. The molecule has 10 heteroatoms. The van der Waals surface area contributed by atoms with Gasteiger partial charge in [-0.3, -0.25) is 19.7 Å². The van der Waals surface area contributed by atoms with Gasteiger partial charge in [-0.2, -0.15) is 5.26 Å². The number of phenols is 1. The van der Waals surface area contributed by atoms with Gasteiger partial charge >= 0.3 is 5.69 Å². The Morgan fingerprint density at radius 2 is 2.17 bits per heavy atom. The molecule has 0 radical (unpaired) electrons. The van der Waals surface area contributed by atoms with E-state index in [9.17, 15) is 35.2 Å². The number of nitro benzene ring substituents is 1. The van der Waals surface area contributed by atoms with E-state index in [2.05, 4.69) is 11.8 Å². The average Bonchev–Trinajstić information content (AvgIpc) is 2.71. The van der Waals surface area contributed by atoms with Gasteiger partial charge in [-0.05, 0) is 25.0 Å². The van der Waals surface area contributed by atoms with Gasteiger partial charge in [0, 0.05) is 32.3 Å². The van der Waals surface area contributed by atoms with Crippen LogP contribution in [0, 0.1) is 39.2 Å². The lowest BCUT2D eigenvalue weighted by atomic mass is 9.98. The van der Waals surface area contributed by atoms with E-state index in [-0.39, 0.29) is 18.0 Å². The fourth-order valence-corrected chi connectivity index (χ4v) is 2.88. The number of carbonyl (C=O) groups is 2. The molecule has 30 heavy (non-hydrogen) atoms. The third-order valence-corrected chi connectivity index (χ3v) is 4.61. The first-order valence-corrected chi connectivity index (χ1v) is 8.97. The second-order valence-electron chi connectivity index (χ2n) is 6.73. The molecule has 1 aromatic rings. The van der Waals surface area contributed by atoms with Crippen LogP contribution >= 0.6 is 0 Å². The molecule has 10 nitrogen and oxygen atoms in total. The van der Waals surface area contributed by atoms with Crippen LogP contribution in [0.5, 0.6) is 5.75 Å². The number of likely N-dealkylation sites (N-methyl/N-ethyl adjacent to an activating group) is 1. The molecule has 1 heterocycles. The van der Waals surface area contributed by atoms with Crippen molar-refractivity contribution in [1.29, 1.82) is 5.26 Å². The number of hydrogen-bond acceptors (Lipinski definition) is 7. The minimum Gasteiger partial charge on any atom is -0.506 e. The molecular formula is C20H20N4O6. The van der Waals surface area contributed by atoms with Gasteiger partial charge in [0.1, 0.15) is 11.8 Å². The number of piperidine rings is 1. The zero-order chi connectivity index (χ0) is 22.4. The number of aliphatic hydroxyl groups excluding tert-OH is 1. The lowest BCUT2D eigenvalue weighted by Crippen LogP contribution is -2.37. The molecule has 0 aromatic heterocycles. The Hall–Kier alpha value is -4.05. The van der Waals surface area contributed by atoms with Crippen LogP contribution in [-0.2, 0) is 9.59 Å². The molecule has 1 saturated heterocycles. The van der Waals surface area contributed by atoms with Crippen molar-refractivity contribution in [3.05, 3.63) is 39.4 Å². The minimum absolute atomic E-state index is 0.0769. The molecule has 1 atom stereocenters. The third-order valence-electron chi connectivity index (χ3n) is 4.61. The number of benzene rings is 1. The highest BCUT2D eigenvalue weighted by Gasteiger charge is 2.25. The van der Waals surface area contributed by atoms with Crippen LogP contribution in [0.25, 0.3) is 5.76 Å². The van der Waals surface area contributed by atoms with Crippen LogP contribution in [0.15, 0.2) is 23.8 Å². The molecule has 0 aliphatic carbocycles. The summed E-state index contributed by atoms with van der Waals surface area (Å²) in [6.45, 7) is 0.598. The van der Waals surface area contributed by atoms with E-state index in [1.165, 1.54) is 7.05 Å². The Bertz CT molecular complexity index is 1010. The number of rotatable bonds is 4. The highest BCUT2D eigenvalue weighted by atomic mass is 16.6. The van der Waals surface area contributed by atoms with Crippen molar-refractivity contribution in [1.82, 2.24) is 9.80 Å². The van der Waals surface area contributed by atoms with Crippen LogP contribution in [0.1, 0.15) is 18.4 Å². The van der Waals surface area contributed by atoms with Crippen LogP contribution < -0.4 is 0 Å². The largest absolute Gasteiger partial charge is 0.506 e. The zero-order valence-electron chi connectivity index (χ0n) is 16.5. The van der Waals surface area contributed by atoms with E-state index >= 15 is 0 Å². The predicted molar refractivity (Wildman–Crippen MR) is 106 cm³/mol. The van der Waals surface area contributed by atoms with E-state index in [0.29, 0.717) is 13.0 Å². The lowest BCUT2D eigenvalue weighted by Gasteiger charge is -2.26. The molecule has 2 amide bonds. The van der Waals surface area contributed by atoms with Gasteiger partial charge in [-0.15, -0.1) is 0 Å². The smallest absolute Gasteiger partial charge is 0.311 e. The fourth-order valence-electron chi connectivity index (χ4n) is 2.88. The highest BCUT2D eigenvalue weighted by molar-refractivity contribution is 6.03. The summed E-state index contributed by atoms with van der Waals surface area (Å²) in [5, 5.41) is 40.1. The topological polar surface area (TPSA) is 148 Å². The van der Waals surface area contributed by atoms with Crippen molar-refractivity contribution >= 4 is 23.3 Å². The second kappa shape index (κ2) is 9.43. The first kappa shape index (κ1) is 22.2. The first-order chi connectivity index (χ1) is 14.2. The number of aromatic hydroxyl groups is 1. The summed E-state index contributed by atoms with van der Waals surface area (Å²) in [6.07, 6.45) is 1.47. The van der Waals surface area contributed by atoms with Gasteiger partial charge in [-0.25, -0.2) is 0 Å². The molecule has 1 aliphatic heterocycles. The summed E-state index contributed by atoms with van der Waals surface area (Å²) in [5.74, 6) is 2.85. The Labute approximate surface area is 172 Å². The van der Waals surface area contributed by atoms with Gasteiger partial charge < -0.3 is 20.0 Å². The van der Waals surface area contributed by atoms with Crippen LogP contribution in [-0.4, -0.2) is 63.9 Å². The van der Waals surface area contributed by atoms with E-state index in [4.69, 9.17) is 0 Å². The molecule has 0 saturated carbocycles. The normalized spacial score (nSPS) is 16.6. The maximum absolute atomic E-state index is 12.5. The predicted octanol–water partition coefficient (Wildman–Crippen LogP) is 1.42. The molecule has 0 bridgehead atoms. The molecular weight excluding hydrogens is 392 g/mol. The number of phenolic OH excluding ortho intramolecular Hbond substituents is 1. The number of carbonyl (C=O) groups excluding carboxylic acids is 2. The standard InChI is InChI=1S/C20H20N4O6/c1-22-9-3-5-13(19(22)27)6-4-10-23(2)20(28)15(12-21)18(26)14-7-8-17(25)16(11-14)24(29)30/h7-8,11,13,25-26H,3,5,9-10H2,1-2H3/b18-15-. The number of nitriles is 1. The molecule has 1 unspecified atom stereocenters. The number of nitrogens with zero attached hydrogens (tertiary/aromatic N) is 4. The first-order valence-electron chi connectivity index (χ1n) is 8.97. The quantitative estimate of drug-likeness (QED) is 0.190. The average molecular weight is 412 g/mol. The van der Waals surface area contributed by atoms with Gasteiger partial charge in [0.2, 0.25) is 5.91 Å². The molecule has 156 valence electrons. The number of amides is 2. The van der Waals surface area contributed by atoms with Crippen molar-refractivity contribution in [2.75, 3.05) is 27.2 Å². The van der Waals surface area contributed by atoms with Gasteiger partial charge in [0.25, 0.3) is 5.91 Å². The van der Waals surface area contributed by atoms with E-state index in [0.717, 1.165) is 29.5 Å². The summed E-state index contributed by atoms with van der Waals surface area (Å²) in [6, 6.07) is 4.58. The maximum atomic E-state index is 12.5. The van der Waals surface area contributed by atoms with Crippen molar-refractivity contribution < 1.29 is 24.7 Å². The molecule has 2 N–H and O–H groups in total. The molecule has 2 rings (SSSR count). The fraction of sp³-hybridized carbons (Fsp3) is 0.350. The SMILES string of the molecule is CN(CC#CC1CCCN(C)C1=O)C(=O)/C(C#N)=C(\O)c1ccc(O)c([N+](=O)[O-])c1. The van der Waals surface area contributed by atoms with Crippen LogP contribution in [0.4, 0.5) is 5.69 Å². The number of nitro groups is 1. The lowest BCUT2D eigenvalue weighted by molar-refractivity contribution is -0.385. The monoisotopic (exact) mass is 412 g/mol. The summed E-state index contributed by atoms with van der Waals surface area (Å²) in [4.78, 5) is 37.3. The number of aliphatic hydroxyl groups is 1. The zero-order valence-corrected chi connectivity index (χ0v) is 16.5. The van der Waals surface area contributed by atoms with E-state index in [1.54, 1.807) is 18.0 Å². The summed E-state index contributed by atoms with van der Waals surface area (Å²) < 4.78 is 0. The maximum Gasteiger partial charge on any atom is 0.311 e. The van der Waals surface area contributed by atoms with Crippen molar-refractivity contribution in [3.63, 3.8) is 0 Å². The van der Waals surface area contributed by atoms with Gasteiger partial charge in [0.15, 0.2) is 11.3 Å². The van der Waals surface area contributed by atoms with Crippen LogP contribution in [0.2, 0.25) is 0 Å². The van der Waals surface area contributed by atoms with Gasteiger partial charge in [-0.1, -0.05) is 11.8 Å². The van der Waals surface area contributed by atoms with E-state index < -0.39 is 39.5 Å². The molecule has 1 aliphatic rings. The van der Waals surface area contributed by atoms with E-state index in [1.807, 2.05) is 0 Å². The molecule has 1 fully saturated rings.